The second-order valence-corrected chi connectivity index (χ2v) is 23.9. The van der Waals surface area contributed by atoms with E-state index in [4.69, 9.17) is 71.1 Å². The van der Waals surface area contributed by atoms with Crippen molar-refractivity contribution in [3.63, 3.8) is 0 Å². The summed E-state index contributed by atoms with van der Waals surface area (Å²) in [7, 11) is 0. The highest BCUT2D eigenvalue weighted by Gasteiger charge is 2.59. The molecule has 1 unspecified atom stereocenters. The molecule has 0 aromatic heterocycles. The topological polar surface area (TPSA) is 682 Å². The monoisotopic (exact) mass is 1400 g/mol. The van der Waals surface area contributed by atoms with Crippen LogP contribution in [0.25, 0.3) is 0 Å². The van der Waals surface area contributed by atoms with Gasteiger partial charge in [-0.2, -0.15) is 0 Å². The molecule has 26 N–H and O–H groups in total. The van der Waals surface area contributed by atoms with E-state index in [-0.39, 0.29) is 0 Å². The Balaban J connectivity index is 0.929. The van der Waals surface area contributed by atoms with Crippen molar-refractivity contribution in [2.45, 2.75) is 259 Å². The number of aliphatic hydroxyl groups excluding tert-OH is 24. The van der Waals surface area contributed by atoms with Gasteiger partial charge in [-0.1, -0.05) is 0 Å². The number of hydrogen-bond donors (Lipinski definition) is 26. The lowest BCUT2D eigenvalue weighted by Crippen LogP contribution is -2.70. The zero-order valence-corrected chi connectivity index (χ0v) is 50.4. The Bertz CT molecular complexity index is 2390. The smallest absolute Gasteiger partial charge is 0.217 e. The Kier molecular flexibility index (Phi) is 27.9. The first-order valence-corrected chi connectivity index (χ1v) is 30.1. The number of rotatable bonds is 24. The molecular formula is C52H88N2O41. The van der Waals surface area contributed by atoms with Crippen LogP contribution in [-0.2, 0) is 80.6 Å². The van der Waals surface area contributed by atoms with Gasteiger partial charge in [-0.3, -0.25) is 9.59 Å². The van der Waals surface area contributed by atoms with Crippen LogP contribution < -0.4 is 10.6 Å². The van der Waals surface area contributed by atoms with E-state index in [1.54, 1.807) is 0 Å². The molecule has 43 nitrogen and oxygen atoms in total. The lowest BCUT2D eigenvalue weighted by atomic mass is 9.94. The quantitative estimate of drug-likeness (QED) is 0.0427. The highest BCUT2D eigenvalue weighted by molar-refractivity contribution is 5.73. The van der Waals surface area contributed by atoms with Crippen molar-refractivity contribution in [3.05, 3.63) is 0 Å². The predicted molar refractivity (Wildman–Crippen MR) is 288 cm³/mol. The Morgan fingerprint density at radius 3 is 0.874 bits per heavy atom. The summed E-state index contributed by atoms with van der Waals surface area (Å²) >= 11 is 0. The molecule has 8 fully saturated rings. The Hall–Kier alpha value is -2.62. The highest BCUT2D eigenvalue weighted by Crippen LogP contribution is 2.38. The third kappa shape index (κ3) is 17.0. The molecule has 2 amide bonds. The summed E-state index contributed by atoms with van der Waals surface area (Å²) in [6.45, 7) is -5.83. The van der Waals surface area contributed by atoms with Crippen molar-refractivity contribution < 1.29 is 203 Å². The molecule has 0 aliphatic carbocycles. The van der Waals surface area contributed by atoms with Gasteiger partial charge in [0.1, 0.15) is 195 Å². The van der Waals surface area contributed by atoms with Crippen LogP contribution in [-0.4, -0.2) is 433 Å². The molecule has 8 aliphatic rings. The highest BCUT2D eigenvalue weighted by atomic mass is 16.8. The Labute approximate surface area is 536 Å². The summed E-state index contributed by atoms with van der Waals surface area (Å²) in [4.78, 5) is 24.6. The lowest BCUT2D eigenvalue weighted by Gasteiger charge is -2.49. The molecule has 8 saturated heterocycles. The molecule has 8 rings (SSSR count). The molecule has 43 heteroatoms. The van der Waals surface area contributed by atoms with Gasteiger partial charge in [-0.15, -0.1) is 0 Å². The second kappa shape index (κ2) is 33.9. The normalized spacial score (nSPS) is 50.8. The molecule has 0 saturated carbocycles. The first-order valence-electron chi connectivity index (χ1n) is 30.1. The minimum atomic E-state index is -2.33. The average Bonchev–Trinajstić information content (AvgIpc) is 0.785. The average molecular weight is 1400 g/mol. The largest absolute Gasteiger partial charge is 0.394 e. The fourth-order valence-electron chi connectivity index (χ4n) is 12.1. The maximum atomic E-state index is 12.6. The number of ether oxygens (including phenoxy) is 15. The van der Waals surface area contributed by atoms with Crippen LogP contribution in [0.2, 0.25) is 0 Å². The van der Waals surface area contributed by atoms with E-state index in [0.717, 1.165) is 13.8 Å². The summed E-state index contributed by atoms with van der Waals surface area (Å²) < 4.78 is 84.9. The minimum absolute atomic E-state index is 0.751. The second-order valence-electron chi connectivity index (χ2n) is 23.9. The van der Waals surface area contributed by atoms with Crippen LogP contribution in [0, 0.1) is 0 Å². The molecule has 8 heterocycles. The number of carbonyl (C=O) groups is 2. The van der Waals surface area contributed by atoms with E-state index in [2.05, 4.69) is 10.6 Å². The maximum absolute atomic E-state index is 12.6. The molecular weight excluding hydrogens is 1310 g/mol. The van der Waals surface area contributed by atoms with Gasteiger partial charge in [0.05, 0.1) is 52.9 Å². The van der Waals surface area contributed by atoms with Crippen LogP contribution in [0.4, 0.5) is 0 Å². The van der Waals surface area contributed by atoms with E-state index in [9.17, 15) is 132 Å². The Morgan fingerprint density at radius 1 is 0.274 bits per heavy atom. The van der Waals surface area contributed by atoms with Crippen LogP contribution in [0.3, 0.4) is 0 Å². The van der Waals surface area contributed by atoms with E-state index in [0.29, 0.717) is 0 Å². The number of hydrogen-bond acceptors (Lipinski definition) is 41. The van der Waals surface area contributed by atoms with Gasteiger partial charge in [0.2, 0.25) is 11.8 Å². The number of aliphatic hydroxyl groups is 24. The van der Waals surface area contributed by atoms with Crippen LogP contribution in [0.5, 0.6) is 0 Å². The van der Waals surface area contributed by atoms with Crippen LogP contribution >= 0.6 is 0 Å². The van der Waals surface area contributed by atoms with Crippen molar-refractivity contribution >= 4 is 11.8 Å². The van der Waals surface area contributed by atoms with Gasteiger partial charge < -0.3 is 204 Å². The molecule has 8 aliphatic heterocycles. The van der Waals surface area contributed by atoms with Crippen LogP contribution in [0.15, 0.2) is 0 Å². The zero-order valence-electron chi connectivity index (χ0n) is 50.4. The molecule has 0 spiro atoms. The fraction of sp³-hybridized carbons (Fsp3) is 0.962. The van der Waals surface area contributed by atoms with Gasteiger partial charge in [-0.25, -0.2) is 0 Å². The number of carbonyl (C=O) groups excluding carboxylic acids is 2. The molecule has 0 bridgehead atoms. The van der Waals surface area contributed by atoms with E-state index in [1.807, 2.05) is 0 Å². The third-order valence-corrected chi connectivity index (χ3v) is 17.4. The zero-order chi connectivity index (χ0) is 69.9. The van der Waals surface area contributed by atoms with Gasteiger partial charge in [0.25, 0.3) is 0 Å². The predicted octanol–water partition coefficient (Wildman–Crippen LogP) is -18.2. The standard InChI is InChI=1S/C52H88N2O41/c1-11(61)53-21-40(26(66)14(4-56)83-45(21)80)91-50-35(75)32(72)24(64)19(89-50)9-82-48-38(78)43(29(69)17(7-59)86-48)95-52-39(79)44(30(70)18(8-60)88-52)94-51-36(76)33(73)25(65)20(90-51)10-81-47-37(77)42(28(68)16(6-58)85-47)93-46-22(54-12(2)62)41(27(67)15(5-57)84-46)92-49-34(74)31(71)23(63)13(3-55)87-49/h13-52,55-60,63-80H,3-10H2,1-2H3,(H,53,61)(H,54,62)/t13-,14-,15-,16-,17-,18-,19-,20-,21-,22-,23+,24-,25-,26-,27-,28+,29+,30+,31+,32+,33+,34-,35-,36-,37-,38-,39-,40-,41-,42+,43+,44+,45?,46+,47+,48+,49+,50+,51+,52+/m1/s1. The Morgan fingerprint density at radius 2 is 0.516 bits per heavy atom. The van der Waals surface area contributed by atoms with Crippen molar-refractivity contribution in [2.24, 2.45) is 0 Å². The van der Waals surface area contributed by atoms with E-state index < -0.39 is 310 Å². The lowest BCUT2D eigenvalue weighted by molar-refractivity contribution is -0.386. The molecule has 95 heavy (non-hydrogen) atoms. The van der Waals surface area contributed by atoms with Crippen molar-refractivity contribution in [1.29, 1.82) is 0 Å². The van der Waals surface area contributed by atoms with Crippen molar-refractivity contribution in [1.82, 2.24) is 10.6 Å². The first-order chi connectivity index (χ1) is 44.9. The molecule has 40 atom stereocenters. The molecule has 552 valence electrons. The van der Waals surface area contributed by atoms with Gasteiger partial charge >= 0.3 is 0 Å². The summed E-state index contributed by atoms with van der Waals surface area (Å²) in [5.74, 6) is -1.61. The number of amides is 2. The molecule has 0 aromatic carbocycles. The SMILES string of the molecule is CC(=O)N[C@H]1[C@H](O[C@H]2[C@@H](O)[C@@H](CO)O[C@H](OC[C@H]3O[C@@H](O[C@H]4[C@@H](O)[C@@H](CO)O[C@@H](O[C@H]5[C@@H](O)[C@@H](CO)O[C@H](OC[C@H]6O[C@@H](O[C@H]7[C@H](O)[C@@H](CO)OC(O)[C@@H]7NC(C)=O)[C@H](O)[C@@H](O)[C@@H]6O)[C@@H]5O)[C@@H]4O)[C@H](O)[C@@H](O)[C@@H]3O)[C@@H]2O)O[C@H](CO)[C@@H](O)[C@@H]1O[C@@H]1O[C@H](CO)[C@H](O)[C@H](O)[C@H]1O. The van der Waals surface area contributed by atoms with Crippen molar-refractivity contribution in [2.75, 3.05) is 52.9 Å². The van der Waals surface area contributed by atoms with Gasteiger partial charge in [-0.05, 0) is 0 Å². The summed E-state index contributed by atoms with van der Waals surface area (Å²) in [6.07, 6.45) is -75.2. The number of nitrogens with one attached hydrogen (secondary N) is 2. The van der Waals surface area contributed by atoms with Crippen molar-refractivity contribution in [3.8, 4) is 0 Å². The van der Waals surface area contributed by atoms with Crippen LogP contribution in [0.1, 0.15) is 13.8 Å². The maximum Gasteiger partial charge on any atom is 0.217 e. The minimum Gasteiger partial charge on any atom is -0.394 e. The summed E-state index contributed by atoms with van der Waals surface area (Å²) in [5.41, 5.74) is 0. The van der Waals surface area contributed by atoms with Gasteiger partial charge in [0.15, 0.2) is 50.3 Å². The summed E-state index contributed by atoms with van der Waals surface area (Å²) in [6, 6.07) is -3.31. The first kappa shape index (κ1) is 78.1. The van der Waals surface area contributed by atoms with Gasteiger partial charge in [0, 0.05) is 13.8 Å². The van der Waals surface area contributed by atoms with E-state index >= 15 is 0 Å². The molecule has 0 radical (unpaired) electrons. The summed E-state index contributed by atoms with van der Waals surface area (Å²) in [5, 5.41) is 265. The molecule has 0 aromatic rings. The fourth-order valence-corrected chi connectivity index (χ4v) is 12.1. The van der Waals surface area contributed by atoms with E-state index in [1.165, 1.54) is 0 Å². The third-order valence-electron chi connectivity index (χ3n) is 17.4.